The lowest BCUT2D eigenvalue weighted by atomic mass is 9.75. The van der Waals surface area contributed by atoms with Gasteiger partial charge in [0.1, 0.15) is 13.2 Å². The zero-order chi connectivity index (χ0) is 18.4. The van der Waals surface area contributed by atoms with Crippen molar-refractivity contribution in [3.8, 4) is 0 Å². The Labute approximate surface area is 144 Å². The average Bonchev–Trinajstić information content (AvgIpc) is 2.50. The number of ether oxygens (including phenoxy) is 2. The van der Waals surface area contributed by atoms with Gasteiger partial charge in [0, 0.05) is 0 Å². The normalized spacial score (nSPS) is 13.2. The minimum atomic E-state index is -0.857. The number of hydrogen-bond acceptors (Lipinski definition) is 5. The van der Waals surface area contributed by atoms with Crippen LogP contribution in [0.5, 0.6) is 0 Å². The first-order chi connectivity index (χ1) is 11.0. The average molecular weight is 336 g/mol. The first-order valence-corrected chi connectivity index (χ1v) is 8.11. The molecule has 0 aliphatic heterocycles. The molecular formula is C19H28O5. The Morgan fingerprint density at radius 1 is 1.00 bits per heavy atom. The summed E-state index contributed by atoms with van der Waals surface area (Å²) >= 11 is 0. The molecule has 0 aromatic heterocycles. The fourth-order valence-corrected chi connectivity index (χ4v) is 2.56. The van der Waals surface area contributed by atoms with Gasteiger partial charge in [-0.25, -0.2) is 0 Å². The van der Waals surface area contributed by atoms with Crippen LogP contribution < -0.4 is 0 Å². The Morgan fingerprint density at radius 3 is 2.00 bits per heavy atom. The highest BCUT2D eigenvalue weighted by Gasteiger charge is 2.41. The fraction of sp³-hybridized carbons (Fsp3) is 0.579. The zero-order valence-corrected chi connectivity index (χ0v) is 15.2. The van der Waals surface area contributed by atoms with Gasteiger partial charge in [0.2, 0.25) is 0 Å². The topological polar surface area (TPSA) is 72.8 Å². The molecule has 1 atom stereocenters. The van der Waals surface area contributed by atoms with Gasteiger partial charge < -0.3 is 14.6 Å². The molecule has 0 saturated heterocycles. The molecule has 0 spiro atoms. The van der Waals surface area contributed by atoms with E-state index in [9.17, 15) is 14.7 Å². The first-order valence-electron chi connectivity index (χ1n) is 8.11. The van der Waals surface area contributed by atoms with Gasteiger partial charge >= 0.3 is 11.9 Å². The highest BCUT2D eigenvalue weighted by atomic mass is 16.5. The third-order valence-corrected chi connectivity index (χ3v) is 3.66. The number of aliphatic hydroxyl groups excluding tert-OH is 1. The van der Waals surface area contributed by atoms with Gasteiger partial charge in [-0.1, -0.05) is 30.3 Å². The second-order valence-corrected chi connectivity index (χ2v) is 7.45. The standard InChI is InChI=1S/C19H28O5/c1-14(20)11-23-16(21)18(2,3)13-19(4,5)17(22)24-12-15-9-7-6-8-10-15/h6-10,14,20H,11-13H2,1-5H3. The molecule has 0 saturated carbocycles. The van der Waals surface area contributed by atoms with E-state index in [0.29, 0.717) is 0 Å². The van der Waals surface area contributed by atoms with Gasteiger partial charge in [-0.05, 0) is 46.6 Å². The van der Waals surface area contributed by atoms with Crippen molar-refractivity contribution < 1.29 is 24.2 Å². The van der Waals surface area contributed by atoms with Gasteiger partial charge in [-0.3, -0.25) is 9.59 Å². The number of esters is 2. The summed E-state index contributed by atoms with van der Waals surface area (Å²) in [6.07, 6.45) is -0.430. The summed E-state index contributed by atoms with van der Waals surface area (Å²) in [5, 5.41) is 9.21. The minimum absolute atomic E-state index is 0.0544. The molecule has 24 heavy (non-hydrogen) atoms. The Balaban J connectivity index is 2.62. The molecule has 0 aliphatic carbocycles. The maximum absolute atomic E-state index is 12.4. The van der Waals surface area contributed by atoms with Gasteiger partial charge in [-0.15, -0.1) is 0 Å². The molecule has 1 unspecified atom stereocenters. The summed E-state index contributed by atoms with van der Waals surface area (Å²) in [4.78, 5) is 24.6. The quantitative estimate of drug-likeness (QED) is 0.739. The van der Waals surface area contributed by atoms with Crippen molar-refractivity contribution >= 4 is 11.9 Å². The lowest BCUT2D eigenvalue weighted by molar-refractivity contribution is -0.164. The van der Waals surface area contributed by atoms with E-state index in [1.807, 2.05) is 30.3 Å². The molecule has 1 rings (SSSR count). The minimum Gasteiger partial charge on any atom is -0.463 e. The largest absolute Gasteiger partial charge is 0.463 e. The van der Waals surface area contributed by atoms with Crippen molar-refractivity contribution in [2.45, 2.75) is 53.8 Å². The van der Waals surface area contributed by atoms with Crippen molar-refractivity contribution in [3.05, 3.63) is 35.9 Å². The lowest BCUT2D eigenvalue weighted by Crippen LogP contribution is -2.37. The van der Waals surface area contributed by atoms with E-state index in [1.165, 1.54) is 0 Å². The second kappa shape index (κ2) is 8.29. The maximum atomic E-state index is 12.4. The molecule has 5 heteroatoms. The molecule has 0 heterocycles. The van der Waals surface area contributed by atoms with Crippen LogP contribution in [0.2, 0.25) is 0 Å². The molecule has 5 nitrogen and oxygen atoms in total. The van der Waals surface area contributed by atoms with Gasteiger partial charge in [0.25, 0.3) is 0 Å². The summed E-state index contributed by atoms with van der Waals surface area (Å²) in [6, 6.07) is 9.44. The van der Waals surface area contributed by atoms with Crippen molar-refractivity contribution in [3.63, 3.8) is 0 Å². The zero-order valence-electron chi connectivity index (χ0n) is 15.2. The molecule has 1 aromatic carbocycles. The molecule has 0 radical (unpaired) electrons. The number of carbonyl (C=O) groups excluding carboxylic acids is 2. The second-order valence-electron chi connectivity index (χ2n) is 7.45. The molecule has 0 aliphatic rings. The maximum Gasteiger partial charge on any atom is 0.311 e. The van der Waals surface area contributed by atoms with E-state index in [0.717, 1.165) is 5.56 Å². The number of carbonyl (C=O) groups is 2. The molecule has 0 fully saturated rings. The van der Waals surface area contributed by atoms with Crippen LogP contribution in [0.3, 0.4) is 0 Å². The van der Waals surface area contributed by atoms with Crippen LogP contribution in [0, 0.1) is 10.8 Å². The van der Waals surface area contributed by atoms with Crippen LogP contribution in [-0.4, -0.2) is 29.8 Å². The summed E-state index contributed by atoms with van der Waals surface area (Å²) in [5.74, 6) is -0.796. The third kappa shape index (κ3) is 6.32. The summed E-state index contributed by atoms with van der Waals surface area (Å²) in [5.41, 5.74) is -0.774. The van der Waals surface area contributed by atoms with Crippen LogP contribution in [0.1, 0.15) is 46.6 Å². The lowest BCUT2D eigenvalue weighted by Gasteiger charge is -2.31. The summed E-state index contributed by atoms with van der Waals surface area (Å²) in [6.45, 7) is 8.66. The summed E-state index contributed by atoms with van der Waals surface area (Å²) in [7, 11) is 0. The number of hydrogen-bond donors (Lipinski definition) is 1. The predicted octanol–water partition coefficient (Wildman–Crippen LogP) is 3.10. The van der Waals surface area contributed by atoms with Crippen LogP contribution >= 0.6 is 0 Å². The van der Waals surface area contributed by atoms with E-state index in [-0.39, 0.29) is 25.6 Å². The van der Waals surface area contributed by atoms with Crippen molar-refractivity contribution in [2.24, 2.45) is 10.8 Å². The molecule has 1 aromatic rings. The van der Waals surface area contributed by atoms with Crippen LogP contribution in [0.25, 0.3) is 0 Å². The molecule has 1 N–H and O–H groups in total. The Bertz CT molecular complexity index is 546. The van der Waals surface area contributed by atoms with Crippen LogP contribution in [0.15, 0.2) is 30.3 Å². The van der Waals surface area contributed by atoms with Crippen LogP contribution in [-0.2, 0) is 25.7 Å². The Morgan fingerprint density at radius 2 is 1.50 bits per heavy atom. The van der Waals surface area contributed by atoms with Crippen molar-refractivity contribution in [2.75, 3.05) is 6.61 Å². The SMILES string of the molecule is CC(O)COC(=O)C(C)(C)CC(C)(C)C(=O)OCc1ccccc1. The number of aliphatic hydroxyl groups is 1. The van der Waals surface area contributed by atoms with Gasteiger partial charge in [-0.2, -0.15) is 0 Å². The highest BCUT2D eigenvalue weighted by molar-refractivity contribution is 5.80. The number of rotatable bonds is 8. The molecule has 0 bridgehead atoms. The van der Waals surface area contributed by atoms with Crippen molar-refractivity contribution in [1.29, 1.82) is 0 Å². The highest BCUT2D eigenvalue weighted by Crippen LogP contribution is 2.36. The van der Waals surface area contributed by atoms with E-state index in [1.54, 1.807) is 34.6 Å². The Hall–Kier alpha value is -1.88. The van der Waals surface area contributed by atoms with Gasteiger partial charge in [0.05, 0.1) is 16.9 Å². The first kappa shape index (κ1) is 20.2. The van der Waals surface area contributed by atoms with E-state index < -0.39 is 22.9 Å². The molecule has 134 valence electrons. The van der Waals surface area contributed by atoms with Crippen molar-refractivity contribution in [1.82, 2.24) is 0 Å². The monoisotopic (exact) mass is 336 g/mol. The smallest absolute Gasteiger partial charge is 0.311 e. The van der Waals surface area contributed by atoms with E-state index in [4.69, 9.17) is 9.47 Å². The summed E-state index contributed by atoms with van der Waals surface area (Å²) < 4.78 is 10.5. The number of benzene rings is 1. The molecular weight excluding hydrogens is 308 g/mol. The van der Waals surface area contributed by atoms with Crippen LogP contribution in [0.4, 0.5) is 0 Å². The Kier molecular flexibility index (Phi) is 6.96. The third-order valence-electron chi connectivity index (χ3n) is 3.66. The molecule has 0 amide bonds. The van der Waals surface area contributed by atoms with E-state index in [2.05, 4.69) is 0 Å². The van der Waals surface area contributed by atoms with Gasteiger partial charge in [0.15, 0.2) is 0 Å². The van der Waals surface area contributed by atoms with E-state index >= 15 is 0 Å². The fourth-order valence-electron chi connectivity index (χ4n) is 2.56. The predicted molar refractivity (Wildman–Crippen MR) is 91.1 cm³/mol.